The summed E-state index contributed by atoms with van der Waals surface area (Å²) < 4.78 is 0. The van der Waals surface area contributed by atoms with Crippen LogP contribution in [-0.2, 0) is 0 Å². The van der Waals surface area contributed by atoms with Gasteiger partial charge in [-0.25, -0.2) is 0 Å². The lowest BCUT2D eigenvalue weighted by Crippen LogP contribution is -2.29. The van der Waals surface area contributed by atoms with Gasteiger partial charge in [-0.05, 0) is 19.1 Å². The van der Waals surface area contributed by atoms with Crippen molar-refractivity contribution in [1.82, 2.24) is 5.10 Å². The Morgan fingerprint density at radius 2 is 2.27 bits per heavy atom. The first kappa shape index (κ1) is 9.51. The number of aromatic nitrogens is 2. The monoisotopic (exact) mass is 204 g/mol. The summed E-state index contributed by atoms with van der Waals surface area (Å²) in [5.74, 6) is 0. The van der Waals surface area contributed by atoms with Crippen molar-refractivity contribution in [1.29, 1.82) is 0 Å². The van der Waals surface area contributed by atoms with E-state index in [0.717, 1.165) is 23.0 Å². The zero-order valence-corrected chi connectivity index (χ0v) is 8.40. The molecule has 1 heterocycles. The van der Waals surface area contributed by atoms with Gasteiger partial charge in [-0.2, -0.15) is 0 Å². The van der Waals surface area contributed by atoms with Crippen LogP contribution in [0.2, 0.25) is 0 Å². The summed E-state index contributed by atoms with van der Waals surface area (Å²) in [4.78, 5) is 0.530. The minimum atomic E-state index is 0.530. The largest absolute Gasteiger partial charge is 0.594 e. The van der Waals surface area contributed by atoms with E-state index in [9.17, 15) is 5.21 Å². The number of nitrogen functional groups attached to an aromatic ring is 1. The second kappa shape index (κ2) is 3.61. The highest BCUT2D eigenvalue weighted by Crippen LogP contribution is 2.26. The average molecular weight is 204 g/mol. The molecule has 0 fully saturated rings. The first-order valence-electron chi connectivity index (χ1n) is 4.74. The minimum absolute atomic E-state index is 0.530. The maximum Gasteiger partial charge on any atom is 0.219 e. The normalized spacial score (nSPS) is 10.5. The van der Waals surface area contributed by atoms with E-state index in [2.05, 4.69) is 10.4 Å². The lowest BCUT2D eigenvalue weighted by Gasteiger charge is -2.08. The molecule has 0 spiro atoms. The lowest BCUT2D eigenvalue weighted by molar-refractivity contribution is -0.667. The quantitative estimate of drug-likeness (QED) is 0.432. The third-order valence-electron chi connectivity index (χ3n) is 2.23. The second-order valence-corrected chi connectivity index (χ2v) is 3.24. The molecule has 5 nitrogen and oxygen atoms in total. The van der Waals surface area contributed by atoms with Gasteiger partial charge in [-0.3, -0.25) is 0 Å². The summed E-state index contributed by atoms with van der Waals surface area (Å²) in [6.45, 7) is 2.79. The Labute approximate surface area is 87.1 Å². The fraction of sp³-hybridized carbons (Fsp3) is 0.200. The molecule has 0 radical (unpaired) electrons. The van der Waals surface area contributed by atoms with E-state index in [1.54, 1.807) is 6.07 Å². The molecule has 0 saturated carbocycles. The number of fused-ring (bicyclic) bond motifs is 1. The van der Waals surface area contributed by atoms with Gasteiger partial charge in [-0.15, -0.1) is 0 Å². The van der Waals surface area contributed by atoms with E-state index in [0.29, 0.717) is 10.5 Å². The highest BCUT2D eigenvalue weighted by molar-refractivity contribution is 5.99. The lowest BCUT2D eigenvalue weighted by atomic mass is 10.1. The Balaban J connectivity index is 2.72. The number of nitrogens with two attached hydrogens (primary N) is 1. The van der Waals surface area contributed by atoms with Crippen LogP contribution in [0.15, 0.2) is 24.5 Å². The van der Waals surface area contributed by atoms with Crippen LogP contribution < -0.4 is 15.9 Å². The van der Waals surface area contributed by atoms with Gasteiger partial charge in [0, 0.05) is 28.4 Å². The molecule has 78 valence electrons. The van der Waals surface area contributed by atoms with Gasteiger partial charge in [-0.1, -0.05) is 4.85 Å². The maximum absolute atomic E-state index is 11.1. The summed E-state index contributed by atoms with van der Waals surface area (Å²) >= 11 is 0. The van der Waals surface area contributed by atoms with Crippen LogP contribution in [0.4, 0.5) is 11.4 Å². The van der Waals surface area contributed by atoms with Crippen LogP contribution in [0.25, 0.3) is 10.8 Å². The highest BCUT2D eigenvalue weighted by atomic mass is 16.5. The number of benzene rings is 1. The molecule has 0 atom stereocenters. The molecule has 0 unspecified atom stereocenters. The number of nitrogens with one attached hydrogen (secondary N) is 1. The van der Waals surface area contributed by atoms with E-state index in [1.807, 2.05) is 13.0 Å². The van der Waals surface area contributed by atoms with E-state index < -0.39 is 0 Å². The van der Waals surface area contributed by atoms with Gasteiger partial charge in [0.15, 0.2) is 0 Å². The molecule has 1 aromatic carbocycles. The fourth-order valence-electron chi connectivity index (χ4n) is 1.54. The van der Waals surface area contributed by atoms with E-state index >= 15 is 0 Å². The maximum atomic E-state index is 11.1. The average Bonchev–Trinajstić information content (AvgIpc) is 2.22. The number of rotatable bonds is 2. The summed E-state index contributed by atoms with van der Waals surface area (Å²) in [7, 11) is 0. The van der Waals surface area contributed by atoms with Gasteiger partial charge in [0.05, 0.1) is 5.39 Å². The van der Waals surface area contributed by atoms with Crippen molar-refractivity contribution in [3.8, 4) is 0 Å². The first-order chi connectivity index (χ1) is 7.22. The van der Waals surface area contributed by atoms with Crippen LogP contribution in [0.1, 0.15) is 6.92 Å². The molecule has 5 heteroatoms. The Morgan fingerprint density at radius 3 is 3.00 bits per heavy atom. The Kier molecular flexibility index (Phi) is 2.29. The van der Waals surface area contributed by atoms with Crippen molar-refractivity contribution in [2.75, 3.05) is 17.6 Å². The molecule has 0 aliphatic heterocycles. The standard InChI is InChI=1S/C10H12N4O/c1-2-12-10-4-3-9(11)7-5-13-14(15)6-8(7)10/h3-6,12H,2,11H2,1H3. The molecular formula is C10H12N4O. The first-order valence-corrected chi connectivity index (χ1v) is 4.74. The third-order valence-corrected chi connectivity index (χ3v) is 2.23. The smallest absolute Gasteiger partial charge is 0.219 e. The van der Waals surface area contributed by atoms with Crippen molar-refractivity contribution < 1.29 is 4.85 Å². The van der Waals surface area contributed by atoms with Crippen molar-refractivity contribution in [3.05, 3.63) is 29.7 Å². The molecule has 3 N–H and O–H groups in total. The molecule has 0 amide bonds. The van der Waals surface area contributed by atoms with Crippen LogP contribution >= 0.6 is 0 Å². The molecule has 0 bridgehead atoms. The minimum Gasteiger partial charge on any atom is -0.594 e. The molecule has 0 saturated heterocycles. The predicted octanol–water partition coefficient (Wildman–Crippen LogP) is 0.882. The van der Waals surface area contributed by atoms with Gasteiger partial charge in [0.2, 0.25) is 6.20 Å². The molecule has 2 aromatic rings. The molecule has 0 aliphatic carbocycles. The van der Waals surface area contributed by atoms with Crippen molar-refractivity contribution in [2.24, 2.45) is 0 Å². The van der Waals surface area contributed by atoms with E-state index in [4.69, 9.17) is 5.73 Å². The number of hydrogen-bond acceptors (Lipinski definition) is 4. The third kappa shape index (κ3) is 1.63. The van der Waals surface area contributed by atoms with Crippen LogP contribution in [0.5, 0.6) is 0 Å². The topological polar surface area (TPSA) is 77.9 Å². The van der Waals surface area contributed by atoms with Gasteiger partial charge < -0.3 is 16.3 Å². The zero-order valence-electron chi connectivity index (χ0n) is 8.40. The van der Waals surface area contributed by atoms with Gasteiger partial charge >= 0.3 is 0 Å². The highest BCUT2D eigenvalue weighted by Gasteiger charge is 2.07. The van der Waals surface area contributed by atoms with Crippen LogP contribution in [0.3, 0.4) is 0 Å². The summed E-state index contributed by atoms with van der Waals surface area (Å²) in [5.41, 5.74) is 7.31. The summed E-state index contributed by atoms with van der Waals surface area (Å²) in [5, 5.41) is 19.5. The fourth-order valence-corrected chi connectivity index (χ4v) is 1.54. The second-order valence-electron chi connectivity index (χ2n) is 3.24. The predicted molar refractivity (Wildman–Crippen MR) is 59.3 cm³/mol. The SMILES string of the molecule is CCNc1ccc(N)c2cn[n+]([O-])cc12. The molecular weight excluding hydrogens is 192 g/mol. The van der Waals surface area contributed by atoms with Gasteiger partial charge in [0.1, 0.15) is 6.20 Å². The Morgan fingerprint density at radius 1 is 1.47 bits per heavy atom. The number of hydrogen-bond donors (Lipinski definition) is 2. The van der Waals surface area contributed by atoms with Crippen molar-refractivity contribution in [3.63, 3.8) is 0 Å². The zero-order chi connectivity index (χ0) is 10.8. The van der Waals surface area contributed by atoms with E-state index in [1.165, 1.54) is 12.4 Å². The number of anilines is 2. The van der Waals surface area contributed by atoms with Crippen LogP contribution in [-0.4, -0.2) is 11.6 Å². The van der Waals surface area contributed by atoms with Crippen molar-refractivity contribution >= 4 is 22.1 Å². The summed E-state index contributed by atoms with van der Waals surface area (Å²) in [6, 6.07) is 3.66. The number of nitrogens with zero attached hydrogens (tertiary/aromatic N) is 2. The summed E-state index contributed by atoms with van der Waals surface area (Å²) in [6.07, 6.45) is 2.90. The van der Waals surface area contributed by atoms with Crippen LogP contribution in [0, 0.1) is 5.21 Å². The Bertz CT molecular complexity index is 498. The Hall–Kier alpha value is -2.04. The van der Waals surface area contributed by atoms with E-state index in [-0.39, 0.29) is 0 Å². The van der Waals surface area contributed by atoms with Gasteiger partial charge in [0.25, 0.3) is 0 Å². The molecule has 15 heavy (non-hydrogen) atoms. The molecule has 1 aromatic heterocycles. The molecule has 2 rings (SSSR count). The molecule has 0 aliphatic rings. The van der Waals surface area contributed by atoms with Crippen molar-refractivity contribution in [2.45, 2.75) is 6.92 Å².